The van der Waals surface area contributed by atoms with Crippen LogP contribution in [-0.4, -0.2) is 15.6 Å². The summed E-state index contributed by atoms with van der Waals surface area (Å²) in [6.07, 6.45) is -21.9. The second-order valence-corrected chi connectivity index (χ2v) is 13.8. The molecule has 0 saturated heterocycles. The van der Waals surface area contributed by atoms with E-state index in [9.17, 15) is 72.2 Å². The van der Waals surface area contributed by atoms with Gasteiger partial charge in [-0.2, -0.15) is 52.7 Å². The van der Waals surface area contributed by atoms with Crippen LogP contribution in [0.1, 0.15) is 27.8 Å². The number of aliphatic carboxylic acids is 1. The molecule has 2 heterocycles. The smallest absolute Gasteiger partial charge is 0.416 e. The molecule has 0 amide bonds. The summed E-state index contributed by atoms with van der Waals surface area (Å²) in [5.41, 5.74) is -12.8. The zero-order valence-corrected chi connectivity index (χ0v) is 29.5. The summed E-state index contributed by atoms with van der Waals surface area (Å²) in [4.78, 5) is 40.3. The lowest BCUT2D eigenvalue weighted by Crippen LogP contribution is -2.32. The van der Waals surface area contributed by atoms with E-state index in [-0.39, 0.29) is 50.5 Å². The first kappa shape index (κ1) is 40.0. The van der Waals surface area contributed by atoms with Gasteiger partial charge < -0.3 is 9.52 Å². The van der Waals surface area contributed by atoms with E-state index in [0.717, 1.165) is 24.3 Å². The third-order valence-electron chi connectivity index (χ3n) is 9.94. The molecule has 0 aliphatic carbocycles. The van der Waals surface area contributed by atoms with Crippen LogP contribution in [0, 0.1) is 0 Å². The minimum Gasteiger partial charge on any atom is -0.481 e. The predicted octanol–water partition coefficient (Wildman–Crippen LogP) is 11.9. The predicted molar refractivity (Wildman–Crippen MR) is 194 cm³/mol. The van der Waals surface area contributed by atoms with E-state index in [1.54, 1.807) is 0 Å². The first-order chi connectivity index (χ1) is 27.9. The van der Waals surface area contributed by atoms with Crippen molar-refractivity contribution in [1.29, 1.82) is 0 Å². The Balaban J connectivity index is 1.63. The molecular formula is C42H19F12NO5. The number of hydrogen-bond acceptors (Lipinski definition) is 4. The maximum Gasteiger partial charge on any atom is 0.416 e. The number of para-hydroxylation sites is 1. The van der Waals surface area contributed by atoms with Gasteiger partial charge in [0, 0.05) is 37.9 Å². The molecule has 0 fully saturated rings. The van der Waals surface area contributed by atoms with Gasteiger partial charge in [0.05, 0.1) is 34.4 Å². The van der Waals surface area contributed by atoms with E-state index < -0.39 is 109 Å². The Labute approximate surface area is 325 Å². The highest BCUT2D eigenvalue weighted by Gasteiger charge is 2.39. The summed E-state index contributed by atoms with van der Waals surface area (Å²) in [6.45, 7) is 0. The number of carbonyl (C=O) groups is 1. The van der Waals surface area contributed by atoms with Crippen molar-refractivity contribution in [3.05, 3.63) is 146 Å². The number of pyridine rings is 1. The summed E-state index contributed by atoms with van der Waals surface area (Å²) in [5, 5.41) is 7.18. The molecule has 8 aromatic rings. The van der Waals surface area contributed by atoms with Gasteiger partial charge in [-0.05, 0) is 89.0 Å². The van der Waals surface area contributed by atoms with Gasteiger partial charge in [0.15, 0.2) is 0 Å². The number of carboxylic acids is 1. The van der Waals surface area contributed by atoms with Crippen LogP contribution in [0.5, 0.6) is 0 Å². The zero-order valence-electron chi connectivity index (χ0n) is 29.5. The van der Waals surface area contributed by atoms with E-state index in [0.29, 0.717) is 28.8 Å². The van der Waals surface area contributed by atoms with Crippen LogP contribution < -0.4 is 11.1 Å². The first-order valence-electron chi connectivity index (χ1n) is 17.2. The molecule has 0 aliphatic heterocycles. The van der Waals surface area contributed by atoms with Crippen LogP contribution in [-0.2, 0) is 35.9 Å². The van der Waals surface area contributed by atoms with Crippen LogP contribution in [0.25, 0.3) is 71.4 Å². The van der Waals surface area contributed by atoms with Crippen LogP contribution >= 0.6 is 0 Å². The lowest BCUT2D eigenvalue weighted by atomic mass is 9.86. The molecule has 0 spiro atoms. The number of fused-ring (bicyclic) bond motifs is 2. The third kappa shape index (κ3) is 6.74. The van der Waals surface area contributed by atoms with Crippen LogP contribution in [0.2, 0.25) is 0 Å². The molecule has 60 heavy (non-hydrogen) atoms. The minimum absolute atomic E-state index is 0.0306. The van der Waals surface area contributed by atoms with E-state index in [4.69, 9.17) is 4.42 Å². The highest BCUT2D eigenvalue weighted by molar-refractivity contribution is 6.32. The monoisotopic (exact) mass is 845 g/mol. The highest BCUT2D eigenvalue weighted by atomic mass is 19.4. The lowest BCUT2D eigenvalue weighted by Gasteiger charge is -2.21. The number of hydrogen-bond donors (Lipinski definition) is 1. The number of halogens is 12. The van der Waals surface area contributed by atoms with Gasteiger partial charge >= 0.3 is 30.7 Å². The average Bonchev–Trinajstić information content (AvgIpc) is 3.16. The van der Waals surface area contributed by atoms with Gasteiger partial charge in [0.2, 0.25) is 0 Å². The molecule has 306 valence electrons. The molecule has 6 nitrogen and oxygen atoms in total. The Kier molecular flexibility index (Phi) is 8.88. The molecule has 2 aromatic heterocycles. The topological polar surface area (TPSA) is 89.5 Å². The van der Waals surface area contributed by atoms with Crippen LogP contribution in [0.4, 0.5) is 52.7 Å². The largest absolute Gasteiger partial charge is 0.481 e. The Morgan fingerprint density at radius 3 is 1.45 bits per heavy atom. The van der Waals surface area contributed by atoms with Crippen molar-refractivity contribution in [2.75, 3.05) is 0 Å². The first-order valence-corrected chi connectivity index (χ1v) is 17.2. The van der Waals surface area contributed by atoms with Crippen molar-refractivity contribution >= 4 is 49.5 Å². The van der Waals surface area contributed by atoms with Crippen LogP contribution in [0.15, 0.2) is 111 Å². The summed E-state index contributed by atoms with van der Waals surface area (Å²) in [7, 11) is 0. The highest BCUT2D eigenvalue weighted by Crippen LogP contribution is 2.49. The van der Waals surface area contributed by atoms with E-state index in [1.165, 1.54) is 36.4 Å². The zero-order chi connectivity index (χ0) is 43.4. The van der Waals surface area contributed by atoms with E-state index in [1.807, 2.05) is 0 Å². The molecule has 18 heteroatoms. The van der Waals surface area contributed by atoms with Crippen molar-refractivity contribution in [3.63, 3.8) is 0 Å². The number of rotatable bonds is 5. The number of nitrogens with zero attached hydrogens (tertiary/aromatic N) is 1. The van der Waals surface area contributed by atoms with Gasteiger partial charge in [-0.15, -0.1) is 0 Å². The summed E-state index contributed by atoms with van der Waals surface area (Å²) in [6, 6.07) is 13.2. The fourth-order valence-electron chi connectivity index (χ4n) is 7.37. The Hall–Kier alpha value is -6.85. The molecule has 6 aromatic carbocycles. The third-order valence-corrected chi connectivity index (χ3v) is 9.94. The van der Waals surface area contributed by atoms with E-state index >= 15 is 0 Å². The summed E-state index contributed by atoms with van der Waals surface area (Å²) >= 11 is 0. The lowest BCUT2D eigenvalue weighted by molar-refractivity contribution is -0.144. The maximum absolute atomic E-state index is 14.5. The van der Waals surface area contributed by atoms with Gasteiger partial charge in [-0.3, -0.25) is 14.4 Å². The average molecular weight is 846 g/mol. The Morgan fingerprint density at radius 1 is 0.533 bits per heavy atom. The number of benzene rings is 6. The second kappa shape index (κ2) is 13.3. The van der Waals surface area contributed by atoms with Crippen molar-refractivity contribution in [1.82, 2.24) is 4.57 Å². The molecule has 0 unspecified atom stereocenters. The normalized spacial score (nSPS) is 13.0. The molecular weight excluding hydrogens is 826 g/mol. The second-order valence-electron chi connectivity index (χ2n) is 13.8. The summed E-state index contributed by atoms with van der Waals surface area (Å²) < 4.78 is 177. The molecule has 8 rings (SSSR count). The molecule has 0 aliphatic rings. The molecule has 0 saturated carbocycles. The summed E-state index contributed by atoms with van der Waals surface area (Å²) in [5.74, 6) is -1.24. The molecule has 0 radical (unpaired) electrons. The minimum atomic E-state index is -5.36. The molecule has 0 atom stereocenters. The van der Waals surface area contributed by atoms with E-state index in [2.05, 4.69) is 0 Å². The Morgan fingerprint density at radius 2 is 0.983 bits per heavy atom. The standard InChI is InChI=1S/C42H19F12NO5/c43-39(44,45)21-10-19(11-22(14-21)40(46,47)48)27-16-29-34-30(38(59)55(37(29)58)25-7-5-18(6-8-25)9-32(56)57)17-28(36-35(34)33(27)26-3-1-2-4-31(26)60-36)20-12-23(41(49,50)51)15-24(13-20)42(52,53)54/h1-8,10-17H,9H2,(H,56,57). The number of carboxylic acid groups (broad SMARTS) is 1. The molecule has 1 N–H and O–H groups in total. The fourth-order valence-corrected chi connectivity index (χ4v) is 7.37. The number of alkyl halides is 12. The Bertz CT molecular complexity index is 3090. The quantitative estimate of drug-likeness (QED) is 0.106. The van der Waals surface area contributed by atoms with Gasteiger partial charge in [-0.25, -0.2) is 4.57 Å². The van der Waals surface area contributed by atoms with Crippen molar-refractivity contribution in [3.8, 4) is 27.9 Å². The van der Waals surface area contributed by atoms with Gasteiger partial charge in [0.25, 0.3) is 11.1 Å². The fraction of sp³-hybridized carbons (Fsp3) is 0.119. The molecule has 0 bridgehead atoms. The van der Waals surface area contributed by atoms with Crippen LogP contribution in [0.3, 0.4) is 0 Å². The van der Waals surface area contributed by atoms with Gasteiger partial charge in [0.1, 0.15) is 11.2 Å². The van der Waals surface area contributed by atoms with Crippen molar-refractivity contribution < 1.29 is 67.0 Å². The van der Waals surface area contributed by atoms with Crippen molar-refractivity contribution in [2.24, 2.45) is 0 Å². The maximum atomic E-state index is 14.5. The van der Waals surface area contributed by atoms with Gasteiger partial charge in [-0.1, -0.05) is 30.3 Å². The van der Waals surface area contributed by atoms with Crippen molar-refractivity contribution in [2.45, 2.75) is 31.1 Å². The SMILES string of the molecule is O=C(O)Cc1ccc(-n2c(=O)c3cc(-c4cc(C(F)(F)F)cc(C(F)(F)F)c4)c4oc5ccccc5c5c(-c6cc(C(F)(F)F)cc(C(F)(F)F)c6)cc(c2=O)c3c45)cc1. The number of aromatic nitrogens is 1.